The number of phenols is 1. The van der Waals surface area contributed by atoms with E-state index in [2.05, 4.69) is 5.32 Å². The molecule has 1 aromatic carbocycles. The van der Waals surface area contributed by atoms with Crippen LogP contribution < -0.4 is 5.32 Å². The second-order valence-corrected chi connectivity index (χ2v) is 2.96. The number of rotatable bonds is 5. The summed E-state index contributed by atoms with van der Waals surface area (Å²) in [4.78, 5) is 9.92. The maximum Gasteiger partial charge on any atom is 0.271 e. The van der Waals surface area contributed by atoms with Crippen LogP contribution in [0.15, 0.2) is 18.2 Å². The van der Waals surface area contributed by atoms with Gasteiger partial charge in [0.15, 0.2) is 0 Å². The Balaban J connectivity index is 2.76. The zero-order valence-electron chi connectivity index (χ0n) is 8.01. The van der Waals surface area contributed by atoms with Crippen LogP contribution in [0.2, 0.25) is 0 Å². The first kappa shape index (κ1) is 11.3. The molecular weight excluding hydrogens is 200 g/mol. The number of hydrogen-bond acceptors (Lipinski definition) is 5. The Labute approximate surface area is 86.3 Å². The van der Waals surface area contributed by atoms with Crippen LogP contribution in [0.3, 0.4) is 0 Å². The van der Waals surface area contributed by atoms with E-state index in [1.54, 1.807) is 0 Å². The number of nitro groups is 1. The molecule has 0 aliphatic rings. The topological polar surface area (TPSA) is 95.6 Å². The van der Waals surface area contributed by atoms with Crippen LogP contribution in [0, 0.1) is 10.1 Å². The number of nitrogens with zero attached hydrogens (tertiary/aromatic N) is 1. The fourth-order valence-electron chi connectivity index (χ4n) is 1.08. The van der Waals surface area contributed by atoms with E-state index in [1.165, 1.54) is 18.2 Å². The molecule has 15 heavy (non-hydrogen) atoms. The normalized spacial score (nSPS) is 9.93. The Hall–Kier alpha value is -1.82. The van der Waals surface area contributed by atoms with Crippen LogP contribution in [-0.2, 0) is 0 Å². The molecule has 0 saturated carbocycles. The first-order valence-corrected chi connectivity index (χ1v) is 4.47. The van der Waals surface area contributed by atoms with Crippen LogP contribution in [-0.4, -0.2) is 28.3 Å². The third-order valence-corrected chi connectivity index (χ3v) is 1.84. The molecule has 0 fully saturated rings. The number of anilines is 1. The standard InChI is InChI=1S/C9H12N2O4/c12-5-1-4-10-8-6-7(11(14)15)2-3-9(8)13/h2-3,6,10,12-13H,1,4-5H2. The summed E-state index contributed by atoms with van der Waals surface area (Å²) in [6, 6.07) is 3.75. The molecule has 0 aliphatic carbocycles. The highest BCUT2D eigenvalue weighted by molar-refractivity contribution is 5.60. The van der Waals surface area contributed by atoms with Gasteiger partial charge in [0, 0.05) is 25.3 Å². The molecule has 3 N–H and O–H groups in total. The lowest BCUT2D eigenvalue weighted by atomic mass is 10.2. The van der Waals surface area contributed by atoms with Crippen LogP contribution >= 0.6 is 0 Å². The quantitative estimate of drug-likeness (QED) is 0.294. The molecule has 6 heteroatoms. The molecule has 0 unspecified atom stereocenters. The van der Waals surface area contributed by atoms with E-state index >= 15 is 0 Å². The molecule has 0 atom stereocenters. The number of non-ortho nitro benzene ring substituents is 1. The Kier molecular flexibility index (Phi) is 3.87. The average molecular weight is 212 g/mol. The van der Waals surface area contributed by atoms with Gasteiger partial charge in [-0.15, -0.1) is 0 Å². The van der Waals surface area contributed by atoms with Crippen molar-refractivity contribution >= 4 is 11.4 Å². The fourth-order valence-corrected chi connectivity index (χ4v) is 1.08. The molecule has 0 aromatic heterocycles. The van der Waals surface area contributed by atoms with Gasteiger partial charge in [-0.05, 0) is 12.5 Å². The van der Waals surface area contributed by atoms with Crippen LogP contribution in [0.25, 0.3) is 0 Å². The number of phenolic OH excluding ortho intramolecular Hbond substituents is 1. The SMILES string of the molecule is O=[N+]([O-])c1ccc(O)c(NCCCO)c1. The number of hydrogen-bond donors (Lipinski definition) is 3. The molecule has 1 aromatic rings. The monoisotopic (exact) mass is 212 g/mol. The van der Waals surface area contributed by atoms with Gasteiger partial charge in [0.1, 0.15) is 5.75 Å². The van der Waals surface area contributed by atoms with Gasteiger partial charge in [-0.3, -0.25) is 10.1 Å². The lowest BCUT2D eigenvalue weighted by molar-refractivity contribution is -0.384. The Morgan fingerprint density at radius 2 is 2.20 bits per heavy atom. The first-order chi connectivity index (χ1) is 7.15. The summed E-state index contributed by atoms with van der Waals surface area (Å²) in [5.74, 6) is -0.0430. The molecule has 0 amide bonds. The second kappa shape index (κ2) is 5.16. The van der Waals surface area contributed by atoms with Gasteiger partial charge in [0.2, 0.25) is 0 Å². The first-order valence-electron chi connectivity index (χ1n) is 4.47. The minimum Gasteiger partial charge on any atom is -0.506 e. The van der Waals surface area contributed by atoms with Crippen molar-refractivity contribution in [1.82, 2.24) is 0 Å². The van der Waals surface area contributed by atoms with Gasteiger partial charge in [0.05, 0.1) is 10.6 Å². The summed E-state index contributed by atoms with van der Waals surface area (Å²) < 4.78 is 0. The van der Waals surface area contributed by atoms with E-state index in [1.807, 2.05) is 0 Å². The number of aromatic hydroxyl groups is 1. The molecule has 6 nitrogen and oxygen atoms in total. The van der Waals surface area contributed by atoms with Crippen molar-refractivity contribution in [1.29, 1.82) is 0 Å². The third kappa shape index (κ3) is 3.10. The van der Waals surface area contributed by atoms with Gasteiger partial charge in [-0.25, -0.2) is 0 Å². The van der Waals surface area contributed by atoms with E-state index in [-0.39, 0.29) is 18.0 Å². The van der Waals surface area contributed by atoms with Crippen LogP contribution in [0.4, 0.5) is 11.4 Å². The Morgan fingerprint density at radius 1 is 1.47 bits per heavy atom. The minimum absolute atomic E-state index is 0.0304. The van der Waals surface area contributed by atoms with Gasteiger partial charge < -0.3 is 15.5 Å². The zero-order chi connectivity index (χ0) is 11.3. The molecule has 82 valence electrons. The van der Waals surface area contributed by atoms with Gasteiger partial charge in [0.25, 0.3) is 5.69 Å². The maximum atomic E-state index is 10.5. The Bertz CT molecular complexity index is 354. The Morgan fingerprint density at radius 3 is 2.80 bits per heavy atom. The average Bonchev–Trinajstić information content (AvgIpc) is 2.20. The summed E-state index contributed by atoms with van der Waals surface area (Å²) in [7, 11) is 0. The van der Waals surface area contributed by atoms with Gasteiger partial charge in [-0.1, -0.05) is 0 Å². The summed E-state index contributed by atoms with van der Waals surface area (Å²) in [6.07, 6.45) is 0.516. The van der Waals surface area contributed by atoms with Crippen molar-refractivity contribution in [2.24, 2.45) is 0 Å². The molecule has 0 bridgehead atoms. The van der Waals surface area contributed by atoms with E-state index in [0.29, 0.717) is 18.7 Å². The van der Waals surface area contributed by atoms with Crippen molar-refractivity contribution in [3.63, 3.8) is 0 Å². The van der Waals surface area contributed by atoms with Gasteiger partial charge >= 0.3 is 0 Å². The summed E-state index contributed by atoms with van der Waals surface area (Å²) in [5, 5.41) is 31.2. The van der Waals surface area contributed by atoms with Crippen molar-refractivity contribution in [3.05, 3.63) is 28.3 Å². The lowest BCUT2D eigenvalue weighted by Crippen LogP contribution is -2.03. The molecule has 0 saturated heterocycles. The number of aliphatic hydroxyl groups excluding tert-OH is 1. The van der Waals surface area contributed by atoms with E-state index in [0.717, 1.165) is 0 Å². The number of nitro benzene ring substituents is 1. The molecule has 0 heterocycles. The molecular formula is C9H12N2O4. The minimum atomic E-state index is -0.531. The van der Waals surface area contributed by atoms with Crippen molar-refractivity contribution in [3.8, 4) is 5.75 Å². The largest absolute Gasteiger partial charge is 0.506 e. The van der Waals surface area contributed by atoms with Gasteiger partial charge in [-0.2, -0.15) is 0 Å². The summed E-state index contributed by atoms with van der Waals surface area (Å²) in [6.45, 7) is 0.480. The number of aliphatic hydroxyl groups is 1. The molecule has 0 spiro atoms. The highest BCUT2D eigenvalue weighted by Crippen LogP contribution is 2.27. The third-order valence-electron chi connectivity index (χ3n) is 1.84. The highest BCUT2D eigenvalue weighted by Gasteiger charge is 2.09. The molecule has 1 rings (SSSR count). The summed E-state index contributed by atoms with van der Waals surface area (Å²) in [5.41, 5.74) is 0.219. The smallest absolute Gasteiger partial charge is 0.271 e. The maximum absolute atomic E-state index is 10.5. The van der Waals surface area contributed by atoms with E-state index in [4.69, 9.17) is 5.11 Å². The summed E-state index contributed by atoms with van der Waals surface area (Å²) >= 11 is 0. The lowest BCUT2D eigenvalue weighted by Gasteiger charge is -2.06. The van der Waals surface area contributed by atoms with E-state index < -0.39 is 4.92 Å². The van der Waals surface area contributed by atoms with Crippen LogP contribution in [0.5, 0.6) is 5.75 Å². The zero-order valence-corrected chi connectivity index (χ0v) is 8.01. The molecule has 0 radical (unpaired) electrons. The van der Waals surface area contributed by atoms with Crippen molar-refractivity contribution in [2.75, 3.05) is 18.5 Å². The van der Waals surface area contributed by atoms with Crippen LogP contribution in [0.1, 0.15) is 6.42 Å². The molecule has 0 aliphatic heterocycles. The number of nitrogens with one attached hydrogen (secondary N) is 1. The predicted molar refractivity (Wildman–Crippen MR) is 55.0 cm³/mol. The second-order valence-electron chi connectivity index (χ2n) is 2.96. The highest BCUT2D eigenvalue weighted by atomic mass is 16.6. The van der Waals surface area contributed by atoms with E-state index in [9.17, 15) is 15.2 Å². The van der Waals surface area contributed by atoms with Crippen molar-refractivity contribution < 1.29 is 15.1 Å². The predicted octanol–water partition coefficient (Wildman–Crippen LogP) is 1.09. The van der Waals surface area contributed by atoms with Crippen molar-refractivity contribution in [2.45, 2.75) is 6.42 Å². The number of benzene rings is 1. The fraction of sp³-hybridized carbons (Fsp3) is 0.333.